The van der Waals surface area contributed by atoms with Crippen molar-refractivity contribution in [2.24, 2.45) is 0 Å². The average Bonchev–Trinajstić information content (AvgIpc) is 3.18. The lowest BCUT2D eigenvalue weighted by Crippen LogP contribution is -2.44. The Morgan fingerprint density at radius 3 is 2.63 bits per heavy atom. The van der Waals surface area contributed by atoms with Crippen LogP contribution in [0.15, 0.2) is 66.9 Å². The van der Waals surface area contributed by atoms with Crippen molar-refractivity contribution < 1.29 is 14.3 Å². The third-order valence-corrected chi connectivity index (χ3v) is 5.40. The number of carbonyl (C=O) groups is 2. The van der Waals surface area contributed by atoms with Gasteiger partial charge in [0, 0.05) is 11.9 Å². The molecule has 6 heteroatoms. The lowest BCUT2D eigenvalue weighted by Gasteiger charge is -2.31. The van der Waals surface area contributed by atoms with Crippen LogP contribution in [0.25, 0.3) is 5.69 Å². The van der Waals surface area contributed by atoms with Gasteiger partial charge in [0.15, 0.2) is 0 Å². The molecule has 4 rings (SSSR count). The first-order valence-electron chi connectivity index (χ1n) is 10.1. The normalized spacial score (nSPS) is 15.0. The Morgan fingerprint density at radius 2 is 1.83 bits per heavy atom. The van der Waals surface area contributed by atoms with Crippen molar-refractivity contribution in [1.82, 2.24) is 14.8 Å². The van der Waals surface area contributed by atoms with Gasteiger partial charge in [0.05, 0.1) is 18.8 Å². The SMILES string of the molecule is CCOC(=O)CNC(=O)N1Cc2ccccc2-n2cccc2[C@@H]1c1ccccc1C. The summed E-state index contributed by atoms with van der Waals surface area (Å²) in [6.45, 7) is 4.34. The minimum atomic E-state index is -0.447. The number of aromatic nitrogens is 1. The molecule has 0 radical (unpaired) electrons. The number of rotatable bonds is 4. The van der Waals surface area contributed by atoms with Crippen LogP contribution < -0.4 is 5.32 Å². The number of benzene rings is 2. The Labute approximate surface area is 176 Å². The second-order valence-electron chi connectivity index (χ2n) is 7.28. The van der Waals surface area contributed by atoms with Crippen molar-refractivity contribution in [3.63, 3.8) is 0 Å². The Hall–Kier alpha value is -3.54. The number of aryl methyl sites for hydroxylation is 1. The summed E-state index contributed by atoms with van der Waals surface area (Å²) in [6.07, 6.45) is 2.03. The van der Waals surface area contributed by atoms with E-state index in [1.165, 1.54) is 0 Å². The molecule has 30 heavy (non-hydrogen) atoms. The van der Waals surface area contributed by atoms with Crippen molar-refractivity contribution >= 4 is 12.0 Å². The molecule has 1 N–H and O–H groups in total. The van der Waals surface area contributed by atoms with Crippen LogP contribution >= 0.6 is 0 Å². The molecule has 1 aliphatic rings. The first-order valence-corrected chi connectivity index (χ1v) is 10.1. The molecular weight excluding hydrogens is 378 g/mol. The second-order valence-corrected chi connectivity index (χ2v) is 7.28. The molecule has 0 bridgehead atoms. The van der Waals surface area contributed by atoms with Gasteiger partial charge in [-0.1, -0.05) is 42.5 Å². The number of para-hydroxylation sites is 1. The first-order chi connectivity index (χ1) is 14.6. The zero-order valence-corrected chi connectivity index (χ0v) is 17.2. The van der Waals surface area contributed by atoms with Crippen LogP contribution in [-0.4, -0.2) is 34.6 Å². The number of carbonyl (C=O) groups excluding carboxylic acids is 2. The highest BCUT2D eigenvalue weighted by Gasteiger charge is 2.33. The minimum Gasteiger partial charge on any atom is -0.465 e. The molecule has 2 amide bonds. The summed E-state index contributed by atoms with van der Waals surface area (Å²) < 4.78 is 7.10. The summed E-state index contributed by atoms with van der Waals surface area (Å²) in [6, 6.07) is 19.6. The van der Waals surface area contributed by atoms with Crippen molar-refractivity contribution in [3.8, 4) is 5.69 Å². The number of ether oxygens (including phenoxy) is 1. The summed E-state index contributed by atoms with van der Waals surface area (Å²) in [4.78, 5) is 26.9. The molecule has 6 nitrogen and oxygen atoms in total. The lowest BCUT2D eigenvalue weighted by atomic mass is 9.97. The molecule has 1 aromatic heterocycles. The van der Waals surface area contributed by atoms with Crippen molar-refractivity contribution in [3.05, 3.63) is 89.2 Å². The smallest absolute Gasteiger partial charge is 0.325 e. The summed E-state index contributed by atoms with van der Waals surface area (Å²) in [5.41, 5.74) is 5.25. The molecule has 0 fully saturated rings. The molecule has 3 aromatic rings. The number of esters is 1. The molecule has 154 valence electrons. The van der Waals surface area contributed by atoms with E-state index in [1.54, 1.807) is 11.8 Å². The van der Waals surface area contributed by atoms with E-state index in [9.17, 15) is 9.59 Å². The Kier molecular flexibility index (Phi) is 5.57. The molecular formula is C24H25N3O3. The maximum Gasteiger partial charge on any atom is 0.325 e. The number of urea groups is 1. The monoisotopic (exact) mass is 403 g/mol. The molecule has 1 atom stereocenters. The van der Waals surface area contributed by atoms with E-state index in [1.807, 2.05) is 48.7 Å². The molecule has 2 heterocycles. The standard InChI is InChI=1S/C24H25N3O3/c1-3-30-22(28)15-25-24(29)27-16-18-10-5-7-12-20(18)26-14-8-13-21(26)23(27)19-11-6-4-9-17(19)2/h4-14,23H,3,15-16H2,1-2H3,(H,25,29)/t23-/m0/s1. The van der Waals surface area contributed by atoms with Gasteiger partial charge in [0.25, 0.3) is 0 Å². The molecule has 2 aromatic carbocycles. The van der Waals surface area contributed by atoms with E-state index in [4.69, 9.17) is 4.74 Å². The summed E-state index contributed by atoms with van der Waals surface area (Å²) in [7, 11) is 0. The molecule has 0 aliphatic carbocycles. The number of hydrogen-bond donors (Lipinski definition) is 1. The fourth-order valence-corrected chi connectivity index (χ4v) is 4.02. The number of fused-ring (bicyclic) bond motifs is 3. The van der Waals surface area contributed by atoms with Crippen molar-refractivity contribution in [2.45, 2.75) is 26.4 Å². The summed E-state index contributed by atoms with van der Waals surface area (Å²) in [5.74, 6) is -0.447. The predicted octanol–water partition coefficient (Wildman–Crippen LogP) is 3.96. The predicted molar refractivity (Wildman–Crippen MR) is 114 cm³/mol. The van der Waals surface area contributed by atoms with Gasteiger partial charge in [-0.05, 0) is 48.7 Å². The molecule has 0 spiro atoms. The number of nitrogens with zero attached hydrogens (tertiary/aromatic N) is 2. The van der Waals surface area contributed by atoms with E-state index in [0.29, 0.717) is 6.54 Å². The van der Waals surface area contributed by atoms with Crippen LogP contribution in [0.2, 0.25) is 0 Å². The van der Waals surface area contributed by atoms with E-state index < -0.39 is 5.97 Å². The Bertz CT molecular complexity index is 1070. The molecule has 0 saturated carbocycles. The minimum absolute atomic E-state index is 0.160. The van der Waals surface area contributed by atoms with Crippen LogP contribution in [0.1, 0.15) is 35.3 Å². The van der Waals surface area contributed by atoms with Gasteiger partial charge in [0.2, 0.25) is 0 Å². The zero-order valence-electron chi connectivity index (χ0n) is 17.2. The third-order valence-electron chi connectivity index (χ3n) is 5.40. The van der Waals surface area contributed by atoms with Crippen molar-refractivity contribution in [1.29, 1.82) is 0 Å². The number of amides is 2. The largest absolute Gasteiger partial charge is 0.465 e. The van der Waals surface area contributed by atoms with Gasteiger partial charge >= 0.3 is 12.0 Å². The number of hydrogen-bond acceptors (Lipinski definition) is 3. The van der Waals surface area contributed by atoms with Crippen LogP contribution in [0.3, 0.4) is 0 Å². The Balaban J connectivity index is 1.79. The molecule has 0 unspecified atom stereocenters. The van der Waals surface area contributed by atoms with Gasteiger partial charge in [-0.3, -0.25) is 4.79 Å². The third kappa shape index (κ3) is 3.68. The van der Waals surface area contributed by atoms with E-state index in [2.05, 4.69) is 35.0 Å². The molecule has 1 aliphatic heterocycles. The summed E-state index contributed by atoms with van der Waals surface area (Å²) >= 11 is 0. The van der Waals surface area contributed by atoms with E-state index >= 15 is 0 Å². The maximum absolute atomic E-state index is 13.3. The van der Waals surface area contributed by atoms with Gasteiger partial charge < -0.3 is 19.5 Å². The van der Waals surface area contributed by atoms with Gasteiger partial charge in [-0.15, -0.1) is 0 Å². The zero-order chi connectivity index (χ0) is 21.1. The average molecular weight is 403 g/mol. The quantitative estimate of drug-likeness (QED) is 0.671. The van der Waals surface area contributed by atoms with Gasteiger partial charge in [0.1, 0.15) is 12.6 Å². The van der Waals surface area contributed by atoms with Crippen molar-refractivity contribution in [2.75, 3.05) is 13.2 Å². The lowest BCUT2D eigenvalue weighted by molar-refractivity contribution is -0.141. The highest BCUT2D eigenvalue weighted by Crippen LogP contribution is 2.37. The van der Waals surface area contributed by atoms with E-state index in [-0.39, 0.29) is 25.2 Å². The maximum atomic E-state index is 13.3. The highest BCUT2D eigenvalue weighted by atomic mass is 16.5. The fourth-order valence-electron chi connectivity index (χ4n) is 4.02. The van der Waals surface area contributed by atoms with Crippen LogP contribution in [-0.2, 0) is 16.1 Å². The topological polar surface area (TPSA) is 63.6 Å². The Morgan fingerprint density at radius 1 is 1.07 bits per heavy atom. The van der Waals surface area contributed by atoms with Crippen LogP contribution in [0, 0.1) is 6.92 Å². The molecule has 0 saturated heterocycles. The number of nitrogens with one attached hydrogen (secondary N) is 1. The van der Waals surface area contributed by atoms with E-state index in [0.717, 1.165) is 28.1 Å². The first kappa shape index (κ1) is 19.8. The highest BCUT2D eigenvalue weighted by molar-refractivity contribution is 5.81. The van der Waals surface area contributed by atoms with Crippen LogP contribution in [0.4, 0.5) is 4.79 Å². The van der Waals surface area contributed by atoms with Gasteiger partial charge in [-0.25, -0.2) is 4.79 Å². The second kappa shape index (κ2) is 8.45. The fraction of sp³-hybridized carbons (Fsp3) is 0.250. The van der Waals surface area contributed by atoms with Crippen LogP contribution in [0.5, 0.6) is 0 Å². The summed E-state index contributed by atoms with van der Waals surface area (Å²) in [5, 5.41) is 2.74. The van der Waals surface area contributed by atoms with Gasteiger partial charge in [-0.2, -0.15) is 0 Å².